The van der Waals surface area contributed by atoms with Crippen molar-refractivity contribution < 1.29 is 0 Å². The number of hydrogen-bond donors (Lipinski definition) is 1. The van der Waals surface area contributed by atoms with Gasteiger partial charge in [-0.1, -0.05) is 18.0 Å². The number of aryl methyl sites for hydroxylation is 1. The molecular weight excluding hydrogens is 248 g/mol. The summed E-state index contributed by atoms with van der Waals surface area (Å²) in [4.78, 5) is 0. The van der Waals surface area contributed by atoms with E-state index in [0.29, 0.717) is 10.7 Å². The number of nitrogen functional groups attached to an aromatic ring is 1. The van der Waals surface area contributed by atoms with Crippen LogP contribution in [0.3, 0.4) is 0 Å². The molecular formula is C13H15ClN4. The molecule has 2 heterocycles. The van der Waals surface area contributed by atoms with Crippen LogP contribution in [0.1, 0.15) is 25.1 Å². The molecule has 0 unspecified atom stereocenters. The van der Waals surface area contributed by atoms with Crippen LogP contribution in [-0.2, 0) is 13.0 Å². The van der Waals surface area contributed by atoms with Crippen LogP contribution in [-0.4, -0.2) is 14.8 Å². The van der Waals surface area contributed by atoms with E-state index < -0.39 is 0 Å². The molecule has 0 atom stereocenters. The number of fused-ring (bicyclic) bond motifs is 1. The van der Waals surface area contributed by atoms with E-state index in [2.05, 4.69) is 14.8 Å². The highest BCUT2D eigenvalue weighted by atomic mass is 35.5. The molecule has 5 heteroatoms. The first kappa shape index (κ1) is 11.5. The van der Waals surface area contributed by atoms with Gasteiger partial charge in [0.1, 0.15) is 5.82 Å². The summed E-state index contributed by atoms with van der Waals surface area (Å²) < 4.78 is 2.18. The number of rotatable bonds is 1. The Morgan fingerprint density at radius 2 is 2.06 bits per heavy atom. The maximum absolute atomic E-state index is 6.04. The van der Waals surface area contributed by atoms with Crippen LogP contribution in [0, 0.1) is 0 Å². The minimum Gasteiger partial charge on any atom is -0.398 e. The highest BCUT2D eigenvalue weighted by Crippen LogP contribution is 2.29. The Labute approximate surface area is 111 Å². The Balaban J connectivity index is 2.12. The predicted octanol–water partition coefficient (Wildman–Crippen LogP) is 2.91. The van der Waals surface area contributed by atoms with Crippen molar-refractivity contribution >= 4 is 17.3 Å². The number of benzene rings is 1. The van der Waals surface area contributed by atoms with E-state index in [-0.39, 0.29) is 0 Å². The van der Waals surface area contributed by atoms with E-state index in [1.807, 2.05) is 12.1 Å². The summed E-state index contributed by atoms with van der Waals surface area (Å²) in [5, 5.41) is 9.24. The normalized spacial score (nSPS) is 15.2. The molecule has 94 valence electrons. The number of anilines is 1. The molecule has 4 nitrogen and oxygen atoms in total. The van der Waals surface area contributed by atoms with Crippen molar-refractivity contribution in [3.05, 3.63) is 29.0 Å². The number of hydrogen-bond acceptors (Lipinski definition) is 3. The molecule has 0 fully saturated rings. The lowest BCUT2D eigenvalue weighted by Crippen LogP contribution is -2.04. The first-order valence-electron chi connectivity index (χ1n) is 6.23. The molecule has 1 aliphatic heterocycles. The van der Waals surface area contributed by atoms with Crippen molar-refractivity contribution in [3.63, 3.8) is 0 Å². The van der Waals surface area contributed by atoms with E-state index in [4.69, 9.17) is 17.3 Å². The van der Waals surface area contributed by atoms with E-state index in [0.717, 1.165) is 30.2 Å². The van der Waals surface area contributed by atoms with E-state index >= 15 is 0 Å². The third-order valence-corrected chi connectivity index (χ3v) is 3.60. The fourth-order valence-electron chi connectivity index (χ4n) is 2.41. The summed E-state index contributed by atoms with van der Waals surface area (Å²) in [5.41, 5.74) is 7.58. The second kappa shape index (κ2) is 4.61. The highest BCUT2D eigenvalue weighted by molar-refractivity contribution is 6.31. The third-order valence-electron chi connectivity index (χ3n) is 3.37. The first-order valence-corrected chi connectivity index (χ1v) is 6.61. The topological polar surface area (TPSA) is 56.7 Å². The highest BCUT2D eigenvalue weighted by Gasteiger charge is 2.17. The molecule has 0 spiro atoms. The van der Waals surface area contributed by atoms with Gasteiger partial charge in [-0.15, -0.1) is 10.2 Å². The van der Waals surface area contributed by atoms with Gasteiger partial charge in [0.15, 0.2) is 5.82 Å². The molecule has 0 radical (unpaired) electrons. The average Bonchev–Trinajstić information content (AvgIpc) is 2.61. The molecule has 1 aromatic carbocycles. The van der Waals surface area contributed by atoms with Crippen LogP contribution >= 0.6 is 11.6 Å². The first-order chi connectivity index (χ1) is 8.75. The van der Waals surface area contributed by atoms with Gasteiger partial charge in [-0.2, -0.15) is 0 Å². The fraction of sp³-hybridized carbons (Fsp3) is 0.385. The minimum absolute atomic E-state index is 0.671. The van der Waals surface area contributed by atoms with Gasteiger partial charge in [-0.05, 0) is 31.0 Å². The monoisotopic (exact) mass is 262 g/mol. The summed E-state index contributed by atoms with van der Waals surface area (Å²) >= 11 is 6.04. The molecule has 2 N–H and O–H groups in total. The Kier molecular flexibility index (Phi) is 2.96. The van der Waals surface area contributed by atoms with Crippen LogP contribution in [0.5, 0.6) is 0 Å². The van der Waals surface area contributed by atoms with Gasteiger partial charge in [0, 0.05) is 29.2 Å². The zero-order valence-electron chi connectivity index (χ0n) is 10.1. The fourth-order valence-corrected chi connectivity index (χ4v) is 2.58. The third kappa shape index (κ3) is 1.97. The van der Waals surface area contributed by atoms with Crippen LogP contribution in [0.4, 0.5) is 5.69 Å². The number of nitrogens with zero attached hydrogens (tertiary/aromatic N) is 3. The van der Waals surface area contributed by atoms with E-state index in [9.17, 15) is 0 Å². The smallest absolute Gasteiger partial charge is 0.166 e. The van der Waals surface area contributed by atoms with Gasteiger partial charge in [-0.25, -0.2) is 0 Å². The molecule has 18 heavy (non-hydrogen) atoms. The number of aromatic nitrogens is 3. The summed E-state index contributed by atoms with van der Waals surface area (Å²) in [6, 6.07) is 5.47. The molecule has 1 aliphatic rings. The van der Waals surface area contributed by atoms with Gasteiger partial charge >= 0.3 is 0 Å². The molecule has 0 saturated heterocycles. The molecule has 0 aliphatic carbocycles. The van der Waals surface area contributed by atoms with E-state index in [1.165, 1.54) is 19.3 Å². The Bertz CT molecular complexity index is 576. The van der Waals surface area contributed by atoms with Gasteiger partial charge in [0.2, 0.25) is 0 Å². The van der Waals surface area contributed by atoms with Crippen molar-refractivity contribution in [2.24, 2.45) is 0 Å². The summed E-state index contributed by atoms with van der Waals surface area (Å²) in [6.45, 7) is 0.962. The van der Waals surface area contributed by atoms with Crippen molar-refractivity contribution in [1.82, 2.24) is 14.8 Å². The van der Waals surface area contributed by atoms with Gasteiger partial charge in [0.05, 0.1) is 0 Å². The predicted molar refractivity (Wildman–Crippen MR) is 72.4 cm³/mol. The van der Waals surface area contributed by atoms with Crippen molar-refractivity contribution in [2.75, 3.05) is 5.73 Å². The van der Waals surface area contributed by atoms with Gasteiger partial charge < -0.3 is 10.3 Å². The standard InChI is InChI=1S/C13H15ClN4/c14-9-5-6-11(15)10(8-9)13-17-16-12-4-2-1-3-7-18(12)13/h5-6,8H,1-4,7,15H2. The average molecular weight is 263 g/mol. The van der Waals surface area contributed by atoms with Crippen molar-refractivity contribution in [1.29, 1.82) is 0 Å². The lowest BCUT2D eigenvalue weighted by Gasteiger charge is -2.09. The maximum atomic E-state index is 6.04. The molecule has 2 aromatic rings. The number of halogens is 1. The second-order valence-corrected chi connectivity index (χ2v) is 5.07. The second-order valence-electron chi connectivity index (χ2n) is 4.63. The van der Waals surface area contributed by atoms with Crippen LogP contribution in [0.15, 0.2) is 18.2 Å². The lowest BCUT2D eigenvalue weighted by molar-refractivity contribution is 0.637. The van der Waals surface area contributed by atoms with Gasteiger partial charge in [-0.3, -0.25) is 0 Å². The minimum atomic E-state index is 0.671. The van der Waals surface area contributed by atoms with Crippen molar-refractivity contribution in [2.45, 2.75) is 32.2 Å². The van der Waals surface area contributed by atoms with Crippen LogP contribution in [0.25, 0.3) is 11.4 Å². The van der Waals surface area contributed by atoms with E-state index in [1.54, 1.807) is 6.07 Å². The maximum Gasteiger partial charge on any atom is 0.166 e. The van der Waals surface area contributed by atoms with Gasteiger partial charge in [0.25, 0.3) is 0 Å². The number of nitrogens with two attached hydrogens (primary N) is 1. The zero-order chi connectivity index (χ0) is 12.5. The Morgan fingerprint density at radius 3 is 2.94 bits per heavy atom. The van der Waals surface area contributed by atoms with Crippen molar-refractivity contribution in [3.8, 4) is 11.4 Å². The Morgan fingerprint density at radius 1 is 1.17 bits per heavy atom. The molecule has 0 saturated carbocycles. The van der Waals surface area contributed by atoms with Crippen LogP contribution < -0.4 is 5.73 Å². The summed E-state index contributed by atoms with van der Waals surface area (Å²) in [7, 11) is 0. The molecule has 0 amide bonds. The quantitative estimate of drug-likeness (QED) is 0.804. The SMILES string of the molecule is Nc1ccc(Cl)cc1-c1nnc2n1CCCCC2. The largest absolute Gasteiger partial charge is 0.398 e. The molecule has 1 aromatic heterocycles. The molecule has 3 rings (SSSR count). The lowest BCUT2D eigenvalue weighted by atomic mass is 10.1. The summed E-state index contributed by atoms with van der Waals surface area (Å²) in [5.74, 6) is 1.90. The Hall–Kier alpha value is -1.55. The summed E-state index contributed by atoms with van der Waals surface area (Å²) in [6.07, 6.45) is 4.59. The molecule has 0 bridgehead atoms. The zero-order valence-corrected chi connectivity index (χ0v) is 10.8. The van der Waals surface area contributed by atoms with Crippen LogP contribution in [0.2, 0.25) is 5.02 Å².